The van der Waals surface area contributed by atoms with Gasteiger partial charge < -0.3 is 9.47 Å². The molecule has 0 atom stereocenters. The zero-order chi connectivity index (χ0) is 22.3. The number of hydrogen-bond acceptors (Lipinski definition) is 7. The molecule has 0 aliphatic heterocycles. The van der Waals surface area contributed by atoms with Gasteiger partial charge in [0.2, 0.25) is 4.96 Å². The monoisotopic (exact) mass is 450 g/mol. The lowest BCUT2D eigenvalue weighted by Crippen LogP contribution is -2.23. The van der Waals surface area contributed by atoms with Crippen molar-refractivity contribution in [3.63, 3.8) is 0 Å². The summed E-state index contributed by atoms with van der Waals surface area (Å²) in [7, 11) is 1.62. The van der Waals surface area contributed by atoms with Crippen LogP contribution in [0.25, 0.3) is 22.4 Å². The minimum atomic E-state index is -0.195. The number of nitrogens with zero attached hydrogens (tertiary/aromatic N) is 4. The molecule has 0 saturated carbocycles. The number of rotatable bonds is 10. The first-order chi connectivity index (χ1) is 15.7. The number of pyridine rings is 1. The number of hydrogen-bond donors (Lipinski definition) is 0. The van der Waals surface area contributed by atoms with E-state index < -0.39 is 0 Å². The van der Waals surface area contributed by atoms with Crippen molar-refractivity contribution in [3.8, 4) is 22.9 Å². The van der Waals surface area contributed by atoms with Gasteiger partial charge in [-0.3, -0.25) is 9.78 Å². The lowest BCUT2D eigenvalue weighted by molar-refractivity contribution is 0.285. The zero-order valence-electron chi connectivity index (χ0n) is 18.3. The first-order valence-corrected chi connectivity index (χ1v) is 11.6. The highest BCUT2D eigenvalue weighted by Gasteiger charge is 2.12. The van der Waals surface area contributed by atoms with E-state index in [1.807, 2.05) is 36.4 Å². The number of ether oxygens (including phenoxy) is 2. The SMILES string of the molecule is CCCCCCCOc1ccc(C=c2sc3nc(-c4cccnc4)nn3c2=O)cc1OC. The minimum Gasteiger partial charge on any atom is -0.493 e. The molecule has 0 aliphatic carbocycles. The first-order valence-electron chi connectivity index (χ1n) is 10.8. The van der Waals surface area contributed by atoms with Crippen molar-refractivity contribution in [2.45, 2.75) is 39.0 Å². The number of fused-ring (bicyclic) bond motifs is 1. The van der Waals surface area contributed by atoms with Crippen LogP contribution in [0.1, 0.15) is 44.6 Å². The fourth-order valence-electron chi connectivity index (χ4n) is 3.38. The lowest BCUT2D eigenvalue weighted by atomic mass is 10.1. The van der Waals surface area contributed by atoms with E-state index in [-0.39, 0.29) is 5.56 Å². The molecule has 0 bridgehead atoms. The molecule has 0 amide bonds. The Morgan fingerprint density at radius 1 is 1.12 bits per heavy atom. The van der Waals surface area contributed by atoms with E-state index >= 15 is 0 Å². The van der Waals surface area contributed by atoms with Crippen molar-refractivity contribution in [2.24, 2.45) is 0 Å². The zero-order valence-corrected chi connectivity index (χ0v) is 19.1. The van der Waals surface area contributed by atoms with Crippen LogP contribution in [0.3, 0.4) is 0 Å². The van der Waals surface area contributed by atoms with Crippen molar-refractivity contribution in [3.05, 3.63) is 63.2 Å². The van der Waals surface area contributed by atoms with Gasteiger partial charge in [-0.15, -0.1) is 5.10 Å². The van der Waals surface area contributed by atoms with Crippen LogP contribution in [0.2, 0.25) is 0 Å². The van der Waals surface area contributed by atoms with Crippen molar-refractivity contribution in [1.82, 2.24) is 19.6 Å². The van der Waals surface area contributed by atoms with Crippen LogP contribution in [0, 0.1) is 0 Å². The van der Waals surface area contributed by atoms with Gasteiger partial charge in [0.15, 0.2) is 17.3 Å². The maximum absolute atomic E-state index is 12.8. The van der Waals surface area contributed by atoms with Crippen LogP contribution in [0.4, 0.5) is 0 Å². The van der Waals surface area contributed by atoms with Gasteiger partial charge in [0, 0.05) is 18.0 Å². The molecule has 0 spiro atoms. The predicted molar refractivity (Wildman–Crippen MR) is 126 cm³/mol. The van der Waals surface area contributed by atoms with Gasteiger partial charge in [-0.2, -0.15) is 9.50 Å². The van der Waals surface area contributed by atoms with Crippen LogP contribution >= 0.6 is 11.3 Å². The Balaban J connectivity index is 1.52. The lowest BCUT2D eigenvalue weighted by Gasteiger charge is -2.11. The molecular formula is C24H26N4O3S. The number of unbranched alkanes of at least 4 members (excludes halogenated alkanes) is 4. The van der Waals surface area contributed by atoms with Crippen molar-refractivity contribution in [1.29, 1.82) is 0 Å². The van der Waals surface area contributed by atoms with E-state index in [4.69, 9.17) is 9.47 Å². The summed E-state index contributed by atoms with van der Waals surface area (Å²) in [4.78, 5) is 21.9. The molecule has 0 N–H and O–H groups in total. The maximum atomic E-state index is 12.8. The molecule has 0 unspecified atom stereocenters. The third kappa shape index (κ3) is 4.96. The van der Waals surface area contributed by atoms with Gasteiger partial charge in [-0.05, 0) is 42.3 Å². The van der Waals surface area contributed by atoms with Gasteiger partial charge in [0.1, 0.15) is 0 Å². The second-order valence-electron chi connectivity index (χ2n) is 7.46. The summed E-state index contributed by atoms with van der Waals surface area (Å²) in [6.45, 7) is 2.88. The normalized spacial score (nSPS) is 11.9. The molecule has 0 fully saturated rings. The third-order valence-corrected chi connectivity index (χ3v) is 6.05. The van der Waals surface area contributed by atoms with Crippen LogP contribution in [-0.4, -0.2) is 33.3 Å². The van der Waals surface area contributed by atoms with E-state index in [2.05, 4.69) is 22.0 Å². The molecule has 0 radical (unpaired) electrons. The number of methoxy groups -OCH3 is 1. The van der Waals surface area contributed by atoms with Crippen LogP contribution < -0.4 is 19.6 Å². The molecule has 3 heterocycles. The van der Waals surface area contributed by atoms with Gasteiger partial charge in [0.05, 0.1) is 18.2 Å². The average Bonchev–Trinajstić information content (AvgIpc) is 3.36. The summed E-state index contributed by atoms with van der Waals surface area (Å²) < 4.78 is 13.3. The largest absolute Gasteiger partial charge is 0.493 e. The molecule has 166 valence electrons. The summed E-state index contributed by atoms with van der Waals surface area (Å²) >= 11 is 1.30. The Morgan fingerprint density at radius 3 is 2.75 bits per heavy atom. The van der Waals surface area contributed by atoms with Gasteiger partial charge in [-0.25, -0.2) is 0 Å². The maximum Gasteiger partial charge on any atom is 0.291 e. The molecule has 8 heteroatoms. The van der Waals surface area contributed by atoms with Gasteiger partial charge in [-0.1, -0.05) is 50.0 Å². The molecule has 32 heavy (non-hydrogen) atoms. The molecule has 7 nitrogen and oxygen atoms in total. The van der Waals surface area contributed by atoms with Crippen molar-refractivity contribution < 1.29 is 9.47 Å². The van der Waals surface area contributed by atoms with E-state index in [9.17, 15) is 4.79 Å². The van der Waals surface area contributed by atoms with E-state index in [1.54, 1.807) is 19.5 Å². The summed E-state index contributed by atoms with van der Waals surface area (Å²) in [5.41, 5.74) is 1.43. The number of thiazole rings is 1. The summed E-state index contributed by atoms with van der Waals surface area (Å²) in [5.74, 6) is 1.86. The van der Waals surface area contributed by atoms with Crippen molar-refractivity contribution in [2.75, 3.05) is 13.7 Å². The molecule has 3 aromatic heterocycles. The van der Waals surface area contributed by atoms with E-state index in [0.29, 0.717) is 33.4 Å². The van der Waals surface area contributed by atoms with Crippen LogP contribution in [-0.2, 0) is 0 Å². The Bertz CT molecular complexity index is 1280. The average molecular weight is 451 g/mol. The second kappa shape index (κ2) is 10.4. The Kier molecular flexibility index (Phi) is 7.11. The molecule has 0 aliphatic rings. The Morgan fingerprint density at radius 2 is 2.00 bits per heavy atom. The highest BCUT2D eigenvalue weighted by Crippen LogP contribution is 2.28. The first kappa shape index (κ1) is 22.0. The molecule has 4 rings (SSSR count). The van der Waals surface area contributed by atoms with Crippen LogP contribution in [0.15, 0.2) is 47.5 Å². The summed E-state index contributed by atoms with van der Waals surface area (Å²) in [5, 5.41) is 4.35. The van der Waals surface area contributed by atoms with Crippen molar-refractivity contribution >= 4 is 22.4 Å². The fraction of sp³-hybridized carbons (Fsp3) is 0.333. The molecular weight excluding hydrogens is 424 g/mol. The van der Waals surface area contributed by atoms with Gasteiger partial charge in [0.25, 0.3) is 5.56 Å². The van der Waals surface area contributed by atoms with E-state index in [0.717, 1.165) is 17.5 Å². The highest BCUT2D eigenvalue weighted by atomic mass is 32.1. The summed E-state index contributed by atoms with van der Waals surface area (Å²) in [6.07, 6.45) is 11.1. The standard InChI is InChI=1S/C24H26N4O3S/c1-3-4-5-6-7-13-31-19-11-10-17(14-20(19)30-2)15-21-23(29)28-24(32-21)26-22(27-28)18-9-8-12-25-16-18/h8-12,14-16H,3-7,13H2,1-2H3. The molecule has 4 aromatic rings. The number of aromatic nitrogens is 4. The third-order valence-electron chi connectivity index (χ3n) is 5.09. The molecule has 1 aromatic carbocycles. The Hall–Kier alpha value is -3.26. The summed E-state index contributed by atoms with van der Waals surface area (Å²) in [6, 6.07) is 9.37. The number of benzene rings is 1. The fourth-order valence-corrected chi connectivity index (χ4v) is 4.29. The second-order valence-corrected chi connectivity index (χ2v) is 8.47. The Labute approximate surface area is 190 Å². The van der Waals surface area contributed by atoms with Gasteiger partial charge >= 0.3 is 0 Å². The minimum absolute atomic E-state index is 0.195. The van der Waals surface area contributed by atoms with Crippen LogP contribution in [0.5, 0.6) is 11.5 Å². The smallest absolute Gasteiger partial charge is 0.291 e. The highest BCUT2D eigenvalue weighted by molar-refractivity contribution is 7.15. The molecule has 0 saturated heterocycles. The quantitative estimate of drug-likeness (QED) is 0.338. The predicted octanol–water partition coefficient (Wildman–Crippen LogP) is 4.12. The van der Waals surface area contributed by atoms with E-state index in [1.165, 1.54) is 41.5 Å². The topological polar surface area (TPSA) is 78.6 Å².